The summed E-state index contributed by atoms with van der Waals surface area (Å²) in [5.74, 6) is -0.635. The lowest BCUT2D eigenvalue weighted by molar-refractivity contribution is -0.114. The predicted octanol–water partition coefficient (Wildman–Crippen LogP) is 2.41. The monoisotopic (exact) mass is 276 g/mol. The Morgan fingerprint density at radius 1 is 1.35 bits per heavy atom. The molecule has 0 aliphatic rings. The summed E-state index contributed by atoms with van der Waals surface area (Å²) >= 11 is 0. The highest BCUT2D eigenvalue weighted by Gasteiger charge is 2.12. The van der Waals surface area contributed by atoms with Crippen molar-refractivity contribution in [1.82, 2.24) is 9.97 Å². The van der Waals surface area contributed by atoms with Crippen LogP contribution in [0.3, 0.4) is 0 Å². The summed E-state index contributed by atoms with van der Waals surface area (Å²) in [6.45, 7) is 1.38. The van der Waals surface area contributed by atoms with Crippen LogP contribution in [0.5, 0.6) is 11.6 Å². The molecule has 1 aromatic carbocycles. The van der Waals surface area contributed by atoms with E-state index in [1.165, 1.54) is 6.92 Å². The lowest BCUT2D eigenvalue weighted by Gasteiger charge is -2.11. The van der Waals surface area contributed by atoms with Gasteiger partial charge >= 0.3 is 0 Å². The standard InChI is InChI=1S/C13H13FN4O2/c1-8(19)17-10-5-3-4-6-11(10)20-12-9(14)7-16-13(15-2)18-12/h3-7H,1-2H3,(H,17,19)(H,15,16,18). The van der Waals surface area contributed by atoms with E-state index in [0.717, 1.165) is 6.20 Å². The Hall–Kier alpha value is -2.70. The molecule has 1 aromatic heterocycles. The quantitative estimate of drug-likeness (QED) is 0.896. The minimum Gasteiger partial charge on any atom is -0.434 e. The zero-order chi connectivity index (χ0) is 14.5. The molecule has 2 aromatic rings. The maximum Gasteiger partial charge on any atom is 0.260 e. The molecule has 2 rings (SSSR count). The van der Waals surface area contributed by atoms with Crippen molar-refractivity contribution in [2.24, 2.45) is 0 Å². The molecular weight excluding hydrogens is 263 g/mol. The number of ether oxygens (including phenoxy) is 1. The van der Waals surface area contributed by atoms with Crippen LogP contribution >= 0.6 is 0 Å². The van der Waals surface area contributed by atoms with Gasteiger partial charge in [-0.15, -0.1) is 0 Å². The van der Waals surface area contributed by atoms with Crippen molar-refractivity contribution >= 4 is 17.5 Å². The summed E-state index contributed by atoms with van der Waals surface area (Å²) in [5, 5.41) is 5.28. The van der Waals surface area contributed by atoms with Crippen LogP contribution in [0.2, 0.25) is 0 Å². The number of rotatable bonds is 4. The van der Waals surface area contributed by atoms with Crippen LogP contribution in [-0.2, 0) is 4.79 Å². The van der Waals surface area contributed by atoms with Gasteiger partial charge in [0.2, 0.25) is 17.7 Å². The maximum absolute atomic E-state index is 13.6. The van der Waals surface area contributed by atoms with E-state index in [4.69, 9.17) is 4.74 Å². The molecule has 0 saturated carbocycles. The van der Waals surface area contributed by atoms with Gasteiger partial charge in [-0.25, -0.2) is 4.98 Å². The topological polar surface area (TPSA) is 76.1 Å². The third-order valence-electron chi connectivity index (χ3n) is 2.34. The third-order valence-corrected chi connectivity index (χ3v) is 2.34. The molecule has 0 aliphatic heterocycles. The summed E-state index contributed by atoms with van der Waals surface area (Å²) in [7, 11) is 1.61. The average Bonchev–Trinajstić information content (AvgIpc) is 2.43. The van der Waals surface area contributed by atoms with Crippen LogP contribution in [0, 0.1) is 5.82 Å². The zero-order valence-electron chi connectivity index (χ0n) is 11.0. The van der Waals surface area contributed by atoms with Gasteiger partial charge in [0.1, 0.15) is 0 Å². The minimum absolute atomic E-state index is 0.220. The Morgan fingerprint density at radius 3 is 2.80 bits per heavy atom. The molecule has 0 aliphatic carbocycles. The Morgan fingerprint density at radius 2 is 2.10 bits per heavy atom. The normalized spacial score (nSPS) is 9.95. The van der Waals surface area contributed by atoms with Crippen molar-refractivity contribution < 1.29 is 13.9 Å². The molecule has 7 heteroatoms. The number of para-hydroxylation sites is 2. The molecule has 0 bridgehead atoms. The summed E-state index contributed by atoms with van der Waals surface area (Å²) in [4.78, 5) is 18.7. The molecule has 0 unspecified atom stereocenters. The molecule has 6 nitrogen and oxygen atoms in total. The van der Waals surface area contributed by atoms with Gasteiger partial charge < -0.3 is 15.4 Å². The second-order valence-electron chi connectivity index (χ2n) is 3.88. The second kappa shape index (κ2) is 5.96. The first-order valence-corrected chi connectivity index (χ1v) is 5.85. The largest absolute Gasteiger partial charge is 0.434 e. The summed E-state index contributed by atoms with van der Waals surface area (Å²) in [6.07, 6.45) is 1.01. The minimum atomic E-state index is -0.693. The molecule has 1 amide bonds. The number of nitrogens with zero attached hydrogens (tertiary/aromatic N) is 2. The van der Waals surface area contributed by atoms with E-state index in [-0.39, 0.29) is 17.7 Å². The van der Waals surface area contributed by atoms with Crippen LogP contribution in [0.25, 0.3) is 0 Å². The first-order valence-electron chi connectivity index (χ1n) is 5.85. The van der Waals surface area contributed by atoms with E-state index in [1.807, 2.05) is 0 Å². The van der Waals surface area contributed by atoms with Crippen molar-refractivity contribution in [2.75, 3.05) is 17.7 Å². The number of nitrogens with one attached hydrogen (secondary N) is 2. The van der Waals surface area contributed by atoms with Crippen LogP contribution < -0.4 is 15.4 Å². The molecule has 0 fully saturated rings. The van der Waals surface area contributed by atoms with E-state index < -0.39 is 5.82 Å². The fraction of sp³-hybridized carbons (Fsp3) is 0.154. The highest BCUT2D eigenvalue weighted by atomic mass is 19.1. The van der Waals surface area contributed by atoms with Gasteiger partial charge in [-0.2, -0.15) is 9.37 Å². The fourth-order valence-electron chi connectivity index (χ4n) is 1.50. The lowest BCUT2D eigenvalue weighted by atomic mass is 10.3. The number of carbonyl (C=O) groups excluding carboxylic acids is 1. The number of hydrogen-bond acceptors (Lipinski definition) is 5. The number of halogens is 1. The van der Waals surface area contributed by atoms with Crippen molar-refractivity contribution in [3.63, 3.8) is 0 Å². The molecule has 0 radical (unpaired) electrons. The van der Waals surface area contributed by atoms with Crippen molar-refractivity contribution in [3.05, 3.63) is 36.3 Å². The number of amides is 1. The first-order chi connectivity index (χ1) is 9.60. The summed E-state index contributed by atoms with van der Waals surface area (Å²) in [6, 6.07) is 6.69. The lowest BCUT2D eigenvalue weighted by Crippen LogP contribution is -2.07. The molecule has 0 atom stereocenters. The van der Waals surface area contributed by atoms with Crippen LogP contribution in [0.4, 0.5) is 16.0 Å². The molecule has 104 valence electrons. The Kier molecular flexibility index (Phi) is 4.09. The smallest absolute Gasteiger partial charge is 0.260 e. The van der Waals surface area contributed by atoms with Gasteiger partial charge in [-0.3, -0.25) is 4.79 Å². The van der Waals surface area contributed by atoms with E-state index in [2.05, 4.69) is 20.6 Å². The van der Waals surface area contributed by atoms with E-state index in [1.54, 1.807) is 31.3 Å². The second-order valence-corrected chi connectivity index (χ2v) is 3.88. The molecular formula is C13H13FN4O2. The highest BCUT2D eigenvalue weighted by molar-refractivity contribution is 5.90. The van der Waals surface area contributed by atoms with Crippen molar-refractivity contribution in [3.8, 4) is 11.6 Å². The summed E-state index contributed by atoms with van der Waals surface area (Å²) < 4.78 is 19.0. The summed E-state index contributed by atoms with van der Waals surface area (Å²) in [5.41, 5.74) is 0.434. The molecule has 1 heterocycles. The van der Waals surface area contributed by atoms with E-state index in [9.17, 15) is 9.18 Å². The molecule has 0 saturated heterocycles. The van der Waals surface area contributed by atoms with Gasteiger partial charge in [0.05, 0.1) is 11.9 Å². The Balaban J connectivity index is 2.32. The van der Waals surface area contributed by atoms with Gasteiger partial charge in [0, 0.05) is 14.0 Å². The molecule has 20 heavy (non-hydrogen) atoms. The third kappa shape index (κ3) is 3.19. The SMILES string of the molecule is CNc1ncc(F)c(Oc2ccccc2NC(C)=O)n1. The highest BCUT2D eigenvalue weighted by Crippen LogP contribution is 2.29. The van der Waals surface area contributed by atoms with E-state index in [0.29, 0.717) is 11.4 Å². The predicted molar refractivity (Wildman–Crippen MR) is 72.4 cm³/mol. The maximum atomic E-state index is 13.6. The van der Waals surface area contributed by atoms with Gasteiger partial charge in [0.25, 0.3) is 5.88 Å². The van der Waals surface area contributed by atoms with Crippen molar-refractivity contribution in [2.45, 2.75) is 6.92 Å². The van der Waals surface area contributed by atoms with Crippen LogP contribution in [-0.4, -0.2) is 22.9 Å². The van der Waals surface area contributed by atoms with Gasteiger partial charge in [-0.05, 0) is 12.1 Å². The van der Waals surface area contributed by atoms with Gasteiger partial charge in [-0.1, -0.05) is 12.1 Å². The average molecular weight is 276 g/mol. The van der Waals surface area contributed by atoms with Gasteiger partial charge in [0.15, 0.2) is 5.75 Å². The number of anilines is 2. The van der Waals surface area contributed by atoms with Crippen LogP contribution in [0.1, 0.15) is 6.92 Å². The number of hydrogen-bond donors (Lipinski definition) is 2. The first kappa shape index (κ1) is 13.7. The Bertz CT molecular complexity index is 634. The number of aromatic nitrogens is 2. The zero-order valence-corrected chi connectivity index (χ0v) is 11.0. The fourth-order valence-corrected chi connectivity index (χ4v) is 1.50. The molecule has 0 spiro atoms. The van der Waals surface area contributed by atoms with Crippen molar-refractivity contribution in [1.29, 1.82) is 0 Å². The van der Waals surface area contributed by atoms with E-state index >= 15 is 0 Å². The molecule has 2 N–H and O–H groups in total. The Labute approximate surface area is 115 Å². The van der Waals surface area contributed by atoms with Crippen LogP contribution in [0.15, 0.2) is 30.5 Å². The number of benzene rings is 1. The number of carbonyl (C=O) groups is 1.